The quantitative estimate of drug-likeness (QED) is 0.0909. The number of nitrogens with zero attached hydrogens (tertiary/aromatic N) is 2. The van der Waals surface area contributed by atoms with E-state index >= 15 is 0 Å². The van der Waals surface area contributed by atoms with E-state index in [0.29, 0.717) is 24.3 Å². The molecule has 1 aliphatic rings. The molecule has 0 spiro atoms. The summed E-state index contributed by atoms with van der Waals surface area (Å²) in [7, 11) is 4.35. The van der Waals surface area contributed by atoms with Crippen LogP contribution in [0.25, 0.3) is 0 Å². The van der Waals surface area contributed by atoms with E-state index in [4.69, 9.17) is 18.9 Å². The highest BCUT2D eigenvalue weighted by atomic mass is 16.5. The van der Waals surface area contributed by atoms with Gasteiger partial charge in [-0.05, 0) is 97.7 Å². The van der Waals surface area contributed by atoms with Crippen molar-refractivity contribution < 1.29 is 34.3 Å². The average Bonchev–Trinajstić information content (AvgIpc) is 3.25. The Hall–Kier alpha value is -4.12. The first-order valence-electron chi connectivity index (χ1n) is 21.1. The molecule has 0 amide bonds. The third-order valence-electron chi connectivity index (χ3n) is 10.7. The lowest BCUT2D eigenvalue weighted by atomic mass is 9.78. The van der Waals surface area contributed by atoms with Crippen molar-refractivity contribution in [2.45, 2.75) is 105 Å². The predicted octanol–water partition coefficient (Wildman–Crippen LogP) is 8.98. The van der Waals surface area contributed by atoms with Crippen LogP contribution in [0.2, 0.25) is 0 Å². The predicted molar refractivity (Wildman–Crippen MR) is 244 cm³/mol. The number of likely N-dealkylation sites (N-methyl/N-ethyl adjacent to an activating group) is 2. The molecule has 1 fully saturated rings. The van der Waals surface area contributed by atoms with Gasteiger partial charge in [-0.1, -0.05) is 111 Å². The summed E-state index contributed by atoms with van der Waals surface area (Å²) in [5, 5.41) is 30.0. The van der Waals surface area contributed by atoms with E-state index in [1.165, 1.54) is 26.2 Å². The summed E-state index contributed by atoms with van der Waals surface area (Å²) in [5.41, 5.74) is 4.08. The van der Waals surface area contributed by atoms with Gasteiger partial charge in [-0.25, -0.2) is 0 Å². The molecule has 0 bridgehead atoms. The van der Waals surface area contributed by atoms with Gasteiger partial charge >= 0.3 is 0 Å². The van der Waals surface area contributed by atoms with Gasteiger partial charge in [-0.15, -0.1) is 0 Å². The van der Waals surface area contributed by atoms with Crippen LogP contribution in [-0.4, -0.2) is 110 Å². The Bertz CT molecular complexity index is 1560. The third-order valence-corrected chi connectivity index (χ3v) is 10.7. The molecule has 1 saturated heterocycles. The lowest BCUT2D eigenvalue weighted by Crippen LogP contribution is -2.42. The number of hydrogen-bond acceptors (Lipinski definition) is 9. The van der Waals surface area contributed by atoms with Crippen LogP contribution < -0.4 is 18.9 Å². The zero-order valence-corrected chi connectivity index (χ0v) is 36.9. The van der Waals surface area contributed by atoms with Crippen LogP contribution in [0, 0.1) is 0 Å². The van der Waals surface area contributed by atoms with Gasteiger partial charge in [0.25, 0.3) is 0 Å². The Morgan fingerprint density at radius 3 is 0.847 bits per heavy atom. The Morgan fingerprint density at radius 2 is 0.644 bits per heavy atom. The van der Waals surface area contributed by atoms with Crippen LogP contribution in [0.3, 0.4) is 0 Å². The highest BCUT2D eigenvalue weighted by molar-refractivity contribution is 5.43. The summed E-state index contributed by atoms with van der Waals surface area (Å²) in [4.78, 5) is 4.72. The van der Waals surface area contributed by atoms with Crippen molar-refractivity contribution in [1.29, 1.82) is 0 Å². The molecule has 9 heteroatoms. The molecule has 1 heterocycles. The largest absolute Gasteiger partial charge is 0.491 e. The summed E-state index contributed by atoms with van der Waals surface area (Å²) in [6.45, 7) is 22.3. The Labute approximate surface area is 356 Å². The summed E-state index contributed by atoms with van der Waals surface area (Å²) in [5.74, 6) is 2.83. The normalized spacial score (nSPS) is 14.9. The number of hydrogen-bond donors (Lipinski definition) is 3. The zero-order valence-electron chi connectivity index (χ0n) is 36.9. The van der Waals surface area contributed by atoms with Crippen molar-refractivity contribution in [3.8, 4) is 23.0 Å². The lowest BCUT2D eigenvalue weighted by Gasteiger charge is -2.28. The van der Waals surface area contributed by atoms with E-state index in [9.17, 15) is 15.3 Å². The fourth-order valence-corrected chi connectivity index (χ4v) is 6.16. The topological polar surface area (TPSA) is 104 Å². The summed E-state index contributed by atoms with van der Waals surface area (Å²) < 4.78 is 23.1. The molecule has 2 unspecified atom stereocenters. The first-order valence-corrected chi connectivity index (χ1v) is 21.1. The first-order chi connectivity index (χ1) is 27.7. The third kappa shape index (κ3) is 16.5. The van der Waals surface area contributed by atoms with Gasteiger partial charge in [0.15, 0.2) is 0 Å². The number of benzene rings is 4. The van der Waals surface area contributed by atoms with Crippen molar-refractivity contribution in [1.82, 2.24) is 9.80 Å². The molecule has 4 aromatic carbocycles. The van der Waals surface area contributed by atoms with E-state index in [1.54, 1.807) is 0 Å². The van der Waals surface area contributed by atoms with Crippen LogP contribution in [0.4, 0.5) is 0 Å². The molecule has 5 rings (SSSR count). The molecule has 3 N–H and O–H groups in total. The van der Waals surface area contributed by atoms with Crippen LogP contribution in [0.1, 0.15) is 97.9 Å². The lowest BCUT2D eigenvalue weighted by molar-refractivity contribution is 0.0626. The number of aliphatic hydroxyl groups excluding tert-OH is 3. The second-order valence-corrected chi connectivity index (χ2v) is 16.0. The molecule has 9 nitrogen and oxygen atoms in total. The minimum Gasteiger partial charge on any atom is -0.491 e. The van der Waals surface area contributed by atoms with Gasteiger partial charge < -0.3 is 44.1 Å². The van der Waals surface area contributed by atoms with Crippen molar-refractivity contribution in [3.63, 3.8) is 0 Å². The van der Waals surface area contributed by atoms with E-state index < -0.39 is 18.3 Å². The molecular weight excluding hydrogens is 741 g/mol. The fraction of sp³-hybridized carbons (Fsp3) is 0.520. The molecular formula is C50H76N2O7. The van der Waals surface area contributed by atoms with Crippen molar-refractivity contribution >= 4 is 0 Å². The van der Waals surface area contributed by atoms with E-state index in [0.717, 1.165) is 33.8 Å². The molecule has 2 atom stereocenters. The van der Waals surface area contributed by atoms with Gasteiger partial charge in [0.05, 0.1) is 12.2 Å². The maximum atomic E-state index is 10.5. The van der Waals surface area contributed by atoms with Gasteiger partial charge in [0.1, 0.15) is 55.5 Å². The maximum Gasteiger partial charge on any atom is 0.122 e. The maximum absolute atomic E-state index is 10.5. The standard InChI is InChI=1S/C41H52O7.C6H14N2.C2H6.CH4/c1-7-33(42)25-45-36-17-9-29(10-18-36)40(3,4)31-13-21-38(22-14-31)47-27-35(44)28-48-39-23-15-32(16-24-39)41(5,6)30-11-19-37(20-12-30)46-26-34(43)8-2;1-7-3-5-8(2)6-4-7;1-2;/h9-24,33-35,42-44H,7-8,25-28H2,1-6H3;3-6H2,1-2H3;1-2H3;1H4. The smallest absolute Gasteiger partial charge is 0.122 e. The van der Waals surface area contributed by atoms with Gasteiger partial charge in [0, 0.05) is 37.0 Å². The van der Waals surface area contributed by atoms with Gasteiger partial charge in [-0.3, -0.25) is 0 Å². The Balaban J connectivity index is 0.000000962. The molecule has 59 heavy (non-hydrogen) atoms. The second kappa shape index (κ2) is 25.5. The second-order valence-electron chi connectivity index (χ2n) is 16.0. The highest BCUT2D eigenvalue weighted by Crippen LogP contribution is 2.35. The highest BCUT2D eigenvalue weighted by Gasteiger charge is 2.25. The SMILES string of the molecule is C.CC.CCC(O)COc1ccc(C(C)(C)c2ccc(OCC(O)COc3ccc(C(C)(C)c4ccc(OCC(O)CC)cc4)cc3)cc2)cc1.CN1CCN(C)CC1. The number of piperazine rings is 1. The fourth-order valence-electron chi connectivity index (χ4n) is 6.16. The molecule has 1 aliphatic heterocycles. The number of aliphatic hydroxyl groups is 3. The molecule has 0 radical (unpaired) electrons. The first kappa shape index (κ1) is 51.0. The molecule has 0 aromatic heterocycles. The molecule has 0 saturated carbocycles. The minimum absolute atomic E-state index is 0. The minimum atomic E-state index is -0.796. The summed E-state index contributed by atoms with van der Waals surface area (Å²) in [6, 6.07) is 31.9. The van der Waals surface area contributed by atoms with Crippen LogP contribution in [0.5, 0.6) is 23.0 Å². The van der Waals surface area contributed by atoms with Crippen LogP contribution in [-0.2, 0) is 10.8 Å². The van der Waals surface area contributed by atoms with Crippen LogP contribution >= 0.6 is 0 Å². The van der Waals surface area contributed by atoms with Gasteiger partial charge in [-0.2, -0.15) is 0 Å². The number of ether oxygens (including phenoxy) is 4. The average molecular weight is 817 g/mol. The summed E-state index contributed by atoms with van der Waals surface area (Å²) >= 11 is 0. The Morgan fingerprint density at radius 1 is 0.441 bits per heavy atom. The monoisotopic (exact) mass is 817 g/mol. The van der Waals surface area contributed by atoms with Crippen molar-refractivity contribution in [2.24, 2.45) is 0 Å². The summed E-state index contributed by atoms with van der Waals surface area (Å²) in [6.07, 6.45) is -0.398. The molecule has 0 aliphatic carbocycles. The number of rotatable bonds is 18. The van der Waals surface area contributed by atoms with E-state index in [1.807, 2.05) is 100 Å². The van der Waals surface area contributed by atoms with Crippen LogP contribution in [0.15, 0.2) is 97.1 Å². The Kier molecular flexibility index (Phi) is 22.0. The van der Waals surface area contributed by atoms with Crippen molar-refractivity contribution in [3.05, 3.63) is 119 Å². The zero-order chi connectivity index (χ0) is 42.7. The van der Waals surface area contributed by atoms with E-state index in [-0.39, 0.29) is 44.7 Å². The van der Waals surface area contributed by atoms with Gasteiger partial charge in [0.2, 0.25) is 0 Å². The molecule has 4 aromatic rings. The molecule has 328 valence electrons. The van der Waals surface area contributed by atoms with E-state index in [2.05, 4.69) is 75.9 Å². The van der Waals surface area contributed by atoms with Crippen molar-refractivity contribution in [2.75, 3.05) is 66.7 Å².